The van der Waals surface area contributed by atoms with Gasteiger partial charge in [-0.2, -0.15) is 5.10 Å². The number of amides is 2. The highest BCUT2D eigenvalue weighted by Gasteiger charge is 2.23. The Morgan fingerprint density at radius 1 is 1.42 bits per heavy atom. The third kappa shape index (κ3) is 4.12. The van der Waals surface area contributed by atoms with Gasteiger partial charge in [0.15, 0.2) is 5.82 Å². The minimum atomic E-state index is -0.207. The predicted molar refractivity (Wildman–Crippen MR) is 88.9 cm³/mol. The van der Waals surface area contributed by atoms with Crippen LogP contribution in [-0.2, 0) is 6.54 Å². The Bertz CT molecular complexity index is 713. The summed E-state index contributed by atoms with van der Waals surface area (Å²) in [5.41, 5.74) is -0.207. The molecule has 1 fully saturated rings. The number of hydrogen-bond acceptors (Lipinski definition) is 5. The summed E-state index contributed by atoms with van der Waals surface area (Å²) in [6.45, 7) is 2.47. The van der Waals surface area contributed by atoms with Gasteiger partial charge in [-0.05, 0) is 18.9 Å². The molecule has 0 aliphatic carbocycles. The lowest BCUT2D eigenvalue weighted by Crippen LogP contribution is -2.51. The van der Waals surface area contributed by atoms with Crippen LogP contribution in [0, 0.1) is 0 Å². The number of H-pyrrole nitrogens is 1. The van der Waals surface area contributed by atoms with Gasteiger partial charge >= 0.3 is 6.03 Å². The average molecular weight is 331 g/mol. The summed E-state index contributed by atoms with van der Waals surface area (Å²) >= 11 is 0. The molecule has 9 nitrogen and oxygen atoms in total. The summed E-state index contributed by atoms with van der Waals surface area (Å²) < 4.78 is 1.76. The van der Waals surface area contributed by atoms with E-state index in [1.807, 2.05) is 17.2 Å². The van der Waals surface area contributed by atoms with E-state index in [4.69, 9.17) is 0 Å². The van der Waals surface area contributed by atoms with Crippen molar-refractivity contribution in [1.82, 2.24) is 30.4 Å². The molecule has 1 atom stereocenters. The fourth-order valence-electron chi connectivity index (χ4n) is 2.81. The van der Waals surface area contributed by atoms with Crippen LogP contribution in [0.2, 0.25) is 0 Å². The summed E-state index contributed by atoms with van der Waals surface area (Å²) in [4.78, 5) is 32.5. The van der Waals surface area contributed by atoms with Gasteiger partial charge in [0.25, 0.3) is 5.56 Å². The first-order valence-corrected chi connectivity index (χ1v) is 8.03. The van der Waals surface area contributed by atoms with Crippen molar-refractivity contribution in [2.75, 3.05) is 24.5 Å². The molecule has 1 aliphatic heterocycles. The SMILES string of the molecule is O=C(NCCn1cccn1)N[C@@H]1CCCN(c2ncc[nH]c2=O)C1. The maximum atomic E-state index is 12.0. The van der Waals surface area contributed by atoms with Gasteiger partial charge in [-0.25, -0.2) is 9.78 Å². The Hall–Kier alpha value is -2.84. The molecule has 0 saturated carbocycles. The predicted octanol–water partition coefficient (Wildman–Crippen LogP) is -0.0654. The van der Waals surface area contributed by atoms with Crippen LogP contribution in [-0.4, -0.2) is 51.5 Å². The van der Waals surface area contributed by atoms with E-state index >= 15 is 0 Å². The molecular formula is C15H21N7O2. The van der Waals surface area contributed by atoms with E-state index < -0.39 is 0 Å². The van der Waals surface area contributed by atoms with E-state index in [0.717, 1.165) is 19.4 Å². The Morgan fingerprint density at radius 3 is 3.12 bits per heavy atom. The number of piperidine rings is 1. The van der Waals surface area contributed by atoms with Crippen LogP contribution in [0.3, 0.4) is 0 Å². The van der Waals surface area contributed by atoms with Crippen LogP contribution < -0.4 is 21.1 Å². The molecular weight excluding hydrogens is 310 g/mol. The smallest absolute Gasteiger partial charge is 0.315 e. The summed E-state index contributed by atoms with van der Waals surface area (Å²) in [7, 11) is 0. The van der Waals surface area contributed by atoms with Crippen molar-refractivity contribution in [1.29, 1.82) is 0 Å². The highest BCUT2D eigenvalue weighted by molar-refractivity contribution is 5.74. The third-order valence-electron chi connectivity index (χ3n) is 3.93. The quantitative estimate of drug-likeness (QED) is 0.711. The van der Waals surface area contributed by atoms with E-state index in [2.05, 4.69) is 25.7 Å². The second-order valence-electron chi connectivity index (χ2n) is 5.70. The number of carbonyl (C=O) groups excluding carboxylic acids is 1. The van der Waals surface area contributed by atoms with Crippen LogP contribution in [0.15, 0.2) is 35.6 Å². The summed E-state index contributed by atoms with van der Waals surface area (Å²) in [5.74, 6) is 0.406. The van der Waals surface area contributed by atoms with Gasteiger partial charge in [0.2, 0.25) is 0 Å². The maximum absolute atomic E-state index is 12.0. The number of anilines is 1. The Labute approximate surface area is 139 Å². The molecule has 9 heteroatoms. The van der Waals surface area contributed by atoms with Crippen molar-refractivity contribution in [2.45, 2.75) is 25.4 Å². The molecule has 3 N–H and O–H groups in total. The topological polar surface area (TPSA) is 108 Å². The van der Waals surface area contributed by atoms with Gasteiger partial charge in [-0.3, -0.25) is 9.48 Å². The largest absolute Gasteiger partial charge is 0.350 e. The molecule has 3 rings (SSSR count). The van der Waals surface area contributed by atoms with Crippen molar-refractivity contribution in [3.05, 3.63) is 41.2 Å². The standard InChI is InChI=1S/C15H21N7O2/c23-14-13(16-5-6-17-14)21-8-1-3-12(11-21)20-15(24)18-7-10-22-9-2-4-19-22/h2,4-6,9,12H,1,3,7-8,10-11H2,(H,17,23)(H2,18,20,24)/t12-/m1/s1. The van der Waals surface area contributed by atoms with Crippen LogP contribution in [0.1, 0.15) is 12.8 Å². The zero-order chi connectivity index (χ0) is 16.8. The lowest BCUT2D eigenvalue weighted by atomic mass is 10.1. The minimum absolute atomic E-state index is 0.00939. The molecule has 0 radical (unpaired) electrons. The highest BCUT2D eigenvalue weighted by Crippen LogP contribution is 2.14. The molecule has 0 bridgehead atoms. The third-order valence-corrected chi connectivity index (χ3v) is 3.93. The lowest BCUT2D eigenvalue weighted by molar-refractivity contribution is 0.234. The van der Waals surface area contributed by atoms with Gasteiger partial charge in [0.05, 0.1) is 6.54 Å². The van der Waals surface area contributed by atoms with Crippen LogP contribution in [0.5, 0.6) is 0 Å². The number of hydrogen-bond donors (Lipinski definition) is 3. The van der Waals surface area contributed by atoms with Crippen molar-refractivity contribution in [3.63, 3.8) is 0 Å². The summed E-state index contributed by atoms with van der Waals surface area (Å²) in [6, 6.07) is 1.63. The summed E-state index contributed by atoms with van der Waals surface area (Å²) in [6.07, 6.45) is 8.41. The average Bonchev–Trinajstić information content (AvgIpc) is 3.09. The maximum Gasteiger partial charge on any atom is 0.315 e. The molecule has 2 amide bonds. The van der Waals surface area contributed by atoms with Crippen LogP contribution >= 0.6 is 0 Å². The van der Waals surface area contributed by atoms with Gasteiger partial charge in [0, 0.05) is 50.5 Å². The highest BCUT2D eigenvalue weighted by atomic mass is 16.2. The number of carbonyl (C=O) groups is 1. The zero-order valence-corrected chi connectivity index (χ0v) is 13.3. The van der Waals surface area contributed by atoms with E-state index in [-0.39, 0.29) is 17.6 Å². The number of nitrogens with one attached hydrogen (secondary N) is 3. The summed E-state index contributed by atoms with van der Waals surface area (Å²) in [5, 5.41) is 9.86. The van der Waals surface area contributed by atoms with E-state index in [9.17, 15) is 9.59 Å². The first-order valence-electron chi connectivity index (χ1n) is 8.03. The van der Waals surface area contributed by atoms with Gasteiger partial charge in [-0.15, -0.1) is 0 Å². The first-order chi connectivity index (χ1) is 11.7. The molecule has 2 aromatic rings. The number of aromatic amines is 1. The van der Waals surface area contributed by atoms with Crippen molar-refractivity contribution < 1.29 is 4.79 Å². The minimum Gasteiger partial charge on any atom is -0.350 e. The van der Waals surface area contributed by atoms with Gasteiger partial charge in [-0.1, -0.05) is 0 Å². The molecule has 0 aromatic carbocycles. The van der Waals surface area contributed by atoms with Crippen molar-refractivity contribution >= 4 is 11.8 Å². The van der Waals surface area contributed by atoms with Crippen LogP contribution in [0.4, 0.5) is 10.6 Å². The van der Waals surface area contributed by atoms with Crippen molar-refractivity contribution in [2.24, 2.45) is 0 Å². The second-order valence-corrected chi connectivity index (χ2v) is 5.70. The normalized spacial score (nSPS) is 17.5. The van der Waals surface area contributed by atoms with Gasteiger partial charge in [0.1, 0.15) is 0 Å². The Balaban J connectivity index is 1.47. The molecule has 1 aliphatic rings. The number of rotatable bonds is 5. The first kappa shape index (κ1) is 16.0. The molecule has 0 spiro atoms. The fourth-order valence-corrected chi connectivity index (χ4v) is 2.81. The lowest BCUT2D eigenvalue weighted by Gasteiger charge is -2.33. The van der Waals surface area contributed by atoms with Crippen molar-refractivity contribution in [3.8, 4) is 0 Å². The monoisotopic (exact) mass is 331 g/mol. The Morgan fingerprint density at radius 2 is 2.33 bits per heavy atom. The van der Waals surface area contributed by atoms with Crippen LogP contribution in [0.25, 0.3) is 0 Å². The number of nitrogens with zero attached hydrogens (tertiary/aromatic N) is 4. The van der Waals surface area contributed by atoms with E-state index in [1.165, 1.54) is 6.20 Å². The van der Waals surface area contributed by atoms with Gasteiger partial charge < -0.3 is 20.5 Å². The molecule has 3 heterocycles. The molecule has 1 saturated heterocycles. The zero-order valence-electron chi connectivity index (χ0n) is 13.3. The fraction of sp³-hybridized carbons (Fsp3) is 0.467. The molecule has 24 heavy (non-hydrogen) atoms. The molecule has 0 unspecified atom stereocenters. The Kier molecular flexibility index (Phi) is 5.09. The second kappa shape index (κ2) is 7.62. The molecule has 128 valence electrons. The number of aromatic nitrogens is 4. The number of urea groups is 1. The van der Waals surface area contributed by atoms with E-state index in [1.54, 1.807) is 17.1 Å². The molecule has 2 aromatic heterocycles. The van der Waals surface area contributed by atoms with E-state index in [0.29, 0.717) is 25.5 Å².